The van der Waals surface area contributed by atoms with E-state index in [4.69, 9.17) is 11.6 Å². The Bertz CT molecular complexity index is 441. The summed E-state index contributed by atoms with van der Waals surface area (Å²) in [6.45, 7) is 8.67. The van der Waals surface area contributed by atoms with Gasteiger partial charge in [0.25, 0.3) is 0 Å². The minimum Gasteiger partial charge on any atom is -0.370 e. The van der Waals surface area contributed by atoms with E-state index in [1.165, 1.54) is 18.4 Å². The molecule has 0 bridgehead atoms. The van der Waals surface area contributed by atoms with E-state index in [-0.39, 0.29) is 0 Å². The molecule has 112 valence electrons. The Labute approximate surface area is 128 Å². The molecule has 1 aromatic rings. The number of hydrogen-bond acceptors (Lipinski definition) is 2. The van der Waals surface area contributed by atoms with Gasteiger partial charge in [0.15, 0.2) is 0 Å². The Hall–Kier alpha value is -0.730. The topological polar surface area (TPSA) is 15.3 Å². The second-order valence-electron chi connectivity index (χ2n) is 6.50. The molecule has 1 N–H and O–H groups in total. The van der Waals surface area contributed by atoms with Crippen LogP contribution in [-0.4, -0.2) is 19.6 Å². The van der Waals surface area contributed by atoms with E-state index < -0.39 is 0 Å². The summed E-state index contributed by atoms with van der Waals surface area (Å²) in [6, 6.07) is 7.02. The molecular weight excluding hydrogens is 268 g/mol. The molecule has 1 unspecified atom stereocenters. The Morgan fingerprint density at radius 2 is 2.00 bits per heavy atom. The monoisotopic (exact) mass is 294 g/mol. The van der Waals surface area contributed by atoms with E-state index in [9.17, 15) is 0 Å². The van der Waals surface area contributed by atoms with Crippen LogP contribution in [0.1, 0.15) is 39.2 Å². The van der Waals surface area contributed by atoms with Gasteiger partial charge in [-0.3, -0.25) is 0 Å². The van der Waals surface area contributed by atoms with E-state index in [0.29, 0.717) is 12.0 Å². The first-order valence-electron chi connectivity index (χ1n) is 7.71. The maximum atomic E-state index is 6.47. The van der Waals surface area contributed by atoms with Gasteiger partial charge in [0.05, 0.1) is 10.7 Å². The maximum Gasteiger partial charge on any atom is 0.0642 e. The van der Waals surface area contributed by atoms with Gasteiger partial charge in [0, 0.05) is 19.6 Å². The van der Waals surface area contributed by atoms with Gasteiger partial charge in [-0.2, -0.15) is 0 Å². The van der Waals surface area contributed by atoms with Gasteiger partial charge in [-0.25, -0.2) is 0 Å². The van der Waals surface area contributed by atoms with Gasteiger partial charge in [-0.15, -0.1) is 0 Å². The minimum atomic E-state index is 0.581. The maximum absolute atomic E-state index is 6.47. The van der Waals surface area contributed by atoms with Crippen molar-refractivity contribution in [1.29, 1.82) is 0 Å². The fourth-order valence-corrected chi connectivity index (χ4v) is 2.90. The number of nitrogens with zero attached hydrogens (tertiary/aromatic N) is 1. The second-order valence-corrected chi connectivity index (χ2v) is 6.91. The number of nitrogens with one attached hydrogen (secondary N) is 1. The summed E-state index contributed by atoms with van der Waals surface area (Å²) < 4.78 is 0. The van der Waals surface area contributed by atoms with Crippen LogP contribution in [-0.2, 0) is 6.54 Å². The summed E-state index contributed by atoms with van der Waals surface area (Å²) in [4.78, 5) is 2.32. The summed E-state index contributed by atoms with van der Waals surface area (Å²) in [6.07, 6.45) is 2.72. The highest BCUT2D eigenvalue weighted by Gasteiger charge is 2.31. The van der Waals surface area contributed by atoms with Crippen molar-refractivity contribution in [3.8, 4) is 0 Å². The SMILES string of the molecule is CC(C)CNCc1ccc(N(C)C(C)C2CC2)c(Cl)c1. The van der Waals surface area contributed by atoms with Crippen molar-refractivity contribution >= 4 is 17.3 Å². The van der Waals surface area contributed by atoms with Gasteiger partial charge < -0.3 is 10.2 Å². The van der Waals surface area contributed by atoms with Crippen molar-refractivity contribution in [2.45, 2.75) is 46.2 Å². The normalized spacial score (nSPS) is 16.5. The predicted octanol–water partition coefficient (Wildman–Crippen LogP) is 4.32. The van der Waals surface area contributed by atoms with E-state index in [0.717, 1.165) is 29.7 Å². The van der Waals surface area contributed by atoms with Gasteiger partial charge in [0.1, 0.15) is 0 Å². The summed E-state index contributed by atoms with van der Waals surface area (Å²) in [7, 11) is 2.15. The van der Waals surface area contributed by atoms with Crippen molar-refractivity contribution in [3.63, 3.8) is 0 Å². The Morgan fingerprint density at radius 3 is 2.55 bits per heavy atom. The summed E-state index contributed by atoms with van der Waals surface area (Å²) >= 11 is 6.47. The van der Waals surface area contributed by atoms with Crippen LogP contribution in [0, 0.1) is 11.8 Å². The first kappa shape index (κ1) is 15.7. The zero-order chi connectivity index (χ0) is 14.7. The fourth-order valence-electron chi connectivity index (χ4n) is 2.57. The van der Waals surface area contributed by atoms with Crippen molar-refractivity contribution in [2.24, 2.45) is 11.8 Å². The van der Waals surface area contributed by atoms with Gasteiger partial charge in [-0.05, 0) is 55.8 Å². The molecule has 0 saturated heterocycles. The molecule has 2 rings (SSSR count). The largest absolute Gasteiger partial charge is 0.370 e. The van der Waals surface area contributed by atoms with Crippen LogP contribution < -0.4 is 10.2 Å². The third-order valence-corrected chi connectivity index (χ3v) is 4.49. The minimum absolute atomic E-state index is 0.581. The van der Waals surface area contributed by atoms with E-state index >= 15 is 0 Å². The first-order valence-corrected chi connectivity index (χ1v) is 8.08. The highest BCUT2D eigenvalue weighted by Crippen LogP contribution is 2.38. The van der Waals surface area contributed by atoms with Gasteiger partial charge >= 0.3 is 0 Å². The zero-order valence-electron chi connectivity index (χ0n) is 13.1. The van der Waals surface area contributed by atoms with Gasteiger partial charge in [0.2, 0.25) is 0 Å². The molecule has 1 aliphatic carbocycles. The van der Waals surface area contributed by atoms with E-state index in [1.54, 1.807) is 0 Å². The Balaban J connectivity index is 1.97. The quantitative estimate of drug-likeness (QED) is 0.805. The van der Waals surface area contributed by atoms with Crippen LogP contribution in [0.4, 0.5) is 5.69 Å². The predicted molar refractivity (Wildman–Crippen MR) is 88.6 cm³/mol. The lowest BCUT2D eigenvalue weighted by atomic mass is 10.1. The average molecular weight is 295 g/mol. The molecule has 1 fully saturated rings. The molecule has 1 aliphatic rings. The van der Waals surface area contributed by atoms with E-state index in [2.05, 4.69) is 56.2 Å². The highest BCUT2D eigenvalue weighted by atomic mass is 35.5. The van der Waals surface area contributed by atoms with Crippen LogP contribution >= 0.6 is 11.6 Å². The average Bonchev–Trinajstić information content (AvgIpc) is 3.21. The molecule has 3 heteroatoms. The molecule has 0 aromatic heterocycles. The molecule has 0 radical (unpaired) electrons. The van der Waals surface area contributed by atoms with Crippen molar-refractivity contribution in [1.82, 2.24) is 5.32 Å². The molecule has 1 atom stereocenters. The summed E-state index contributed by atoms with van der Waals surface area (Å²) in [5, 5.41) is 4.32. The number of rotatable bonds is 7. The Morgan fingerprint density at radius 1 is 1.30 bits per heavy atom. The molecule has 0 amide bonds. The molecule has 20 heavy (non-hydrogen) atoms. The molecule has 0 heterocycles. The highest BCUT2D eigenvalue weighted by molar-refractivity contribution is 6.33. The van der Waals surface area contributed by atoms with Crippen LogP contribution in [0.3, 0.4) is 0 Å². The van der Waals surface area contributed by atoms with E-state index in [1.807, 2.05) is 0 Å². The standard InChI is InChI=1S/C17H27ClN2/c1-12(2)10-19-11-14-5-8-17(16(18)9-14)20(4)13(3)15-6-7-15/h5,8-9,12-13,15,19H,6-7,10-11H2,1-4H3. The third-order valence-electron chi connectivity index (χ3n) is 4.19. The number of halogens is 1. The van der Waals surface area contributed by atoms with Crippen LogP contribution in [0.5, 0.6) is 0 Å². The third kappa shape index (κ3) is 4.13. The van der Waals surface area contributed by atoms with Crippen molar-refractivity contribution in [2.75, 3.05) is 18.5 Å². The smallest absolute Gasteiger partial charge is 0.0642 e. The lowest BCUT2D eigenvalue weighted by Crippen LogP contribution is -2.30. The first-order chi connectivity index (χ1) is 9.49. The van der Waals surface area contributed by atoms with Gasteiger partial charge in [-0.1, -0.05) is 31.5 Å². The van der Waals surface area contributed by atoms with Crippen LogP contribution in [0.2, 0.25) is 5.02 Å². The number of hydrogen-bond donors (Lipinski definition) is 1. The molecule has 1 aromatic carbocycles. The van der Waals surface area contributed by atoms with Crippen molar-refractivity contribution in [3.05, 3.63) is 28.8 Å². The molecule has 0 aliphatic heterocycles. The molecule has 0 spiro atoms. The summed E-state index contributed by atoms with van der Waals surface area (Å²) in [5.41, 5.74) is 2.41. The fraction of sp³-hybridized carbons (Fsp3) is 0.647. The lowest BCUT2D eigenvalue weighted by molar-refractivity contribution is 0.552. The molecule has 1 saturated carbocycles. The van der Waals surface area contributed by atoms with Crippen LogP contribution in [0.25, 0.3) is 0 Å². The number of anilines is 1. The summed E-state index contributed by atoms with van der Waals surface area (Å²) in [5.74, 6) is 1.53. The number of benzene rings is 1. The second kappa shape index (κ2) is 6.82. The van der Waals surface area contributed by atoms with Crippen molar-refractivity contribution < 1.29 is 0 Å². The molecule has 2 nitrogen and oxygen atoms in total. The zero-order valence-corrected chi connectivity index (χ0v) is 13.9. The Kier molecular flexibility index (Phi) is 5.34. The lowest BCUT2D eigenvalue weighted by Gasteiger charge is -2.28. The molecular formula is C17H27ClN2. The van der Waals surface area contributed by atoms with Crippen LogP contribution in [0.15, 0.2) is 18.2 Å².